The number of nitrogens with one attached hydrogen (secondary N) is 1. The van der Waals surface area contributed by atoms with E-state index in [9.17, 15) is 0 Å². The van der Waals surface area contributed by atoms with Crippen LogP contribution in [-0.2, 0) is 4.74 Å². The zero-order valence-corrected chi connectivity index (χ0v) is 11.0. The lowest BCUT2D eigenvalue weighted by Gasteiger charge is -2.19. The van der Waals surface area contributed by atoms with Gasteiger partial charge in [-0.15, -0.1) is 0 Å². The predicted molar refractivity (Wildman–Crippen MR) is 70.3 cm³/mol. The first-order valence-electron chi connectivity index (χ1n) is 6.36. The molecule has 0 fully saturated rings. The molecule has 1 aromatic carbocycles. The van der Waals surface area contributed by atoms with Crippen LogP contribution in [0.25, 0.3) is 0 Å². The fraction of sp³-hybridized carbons (Fsp3) is 0.571. The van der Waals surface area contributed by atoms with Crippen molar-refractivity contribution >= 4 is 0 Å². The maximum absolute atomic E-state index is 5.64. The van der Waals surface area contributed by atoms with E-state index in [1.807, 2.05) is 25.1 Å². The first-order valence-corrected chi connectivity index (χ1v) is 6.36. The van der Waals surface area contributed by atoms with Crippen molar-refractivity contribution in [1.82, 2.24) is 5.32 Å². The summed E-state index contributed by atoms with van der Waals surface area (Å²) in [5.41, 5.74) is 1.21. The van der Waals surface area contributed by atoms with Crippen molar-refractivity contribution in [3.05, 3.63) is 29.8 Å². The molecular weight excluding hydrogens is 214 g/mol. The highest BCUT2D eigenvalue weighted by molar-refractivity contribution is 5.35. The molecule has 0 aliphatic rings. The Hall–Kier alpha value is -1.06. The molecule has 0 amide bonds. The predicted octanol–water partition coefficient (Wildman–Crippen LogP) is 3.12. The van der Waals surface area contributed by atoms with Gasteiger partial charge in [0, 0.05) is 18.2 Å². The largest absolute Gasteiger partial charge is 0.467 e. The molecule has 3 heteroatoms. The van der Waals surface area contributed by atoms with E-state index in [0.29, 0.717) is 19.4 Å². The minimum absolute atomic E-state index is 0.316. The van der Waals surface area contributed by atoms with Gasteiger partial charge in [0.05, 0.1) is 0 Å². The van der Waals surface area contributed by atoms with Crippen LogP contribution in [0.3, 0.4) is 0 Å². The Morgan fingerprint density at radius 1 is 1.18 bits per heavy atom. The summed E-state index contributed by atoms with van der Waals surface area (Å²) in [4.78, 5) is 0. The molecule has 0 aliphatic heterocycles. The average Bonchev–Trinajstić information content (AvgIpc) is 2.37. The number of para-hydroxylation sites is 1. The molecule has 0 saturated heterocycles. The Bertz CT molecular complexity index is 315. The standard InChI is InChI=1S/C14H23NO2/c1-4-13(15-5-2)12-9-7-8-10-14(12)17-11-16-6-3/h7-10,13,15H,4-6,11H2,1-3H3. The van der Waals surface area contributed by atoms with Gasteiger partial charge in [-0.25, -0.2) is 0 Å². The van der Waals surface area contributed by atoms with Crippen molar-refractivity contribution in [2.45, 2.75) is 33.2 Å². The van der Waals surface area contributed by atoms with E-state index in [1.54, 1.807) is 0 Å². The molecule has 1 rings (SSSR count). The number of benzene rings is 1. The average molecular weight is 237 g/mol. The highest BCUT2D eigenvalue weighted by Crippen LogP contribution is 2.26. The van der Waals surface area contributed by atoms with E-state index in [4.69, 9.17) is 9.47 Å². The summed E-state index contributed by atoms with van der Waals surface area (Å²) in [7, 11) is 0. The third-order valence-electron chi connectivity index (χ3n) is 2.66. The van der Waals surface area contributed by atoms with Crippen LogP contribution in [0.4, 0.5) is 0 Å². The fourth-order valence-corrected chi connectivity index (χ4v) is 1.81. The number of ether oxygens (including phenoxy) is 2. The van der Waals surface area contributed by atoms with Gasteiger partial charge in [0.1, 0.15) is 5.75 Å². The van der Waals surface area contributed by atoms with Crippen molar-refractivity contribution in [1.29, 1.82) is 0 Å². The van der Waals surface area contributed by atoms with Gasteiger partial charge in [0.25, 0.3) is 0 Å². The van der Waals surface area contributed by atoms with Crippen molar-refractivity contribution in [3.8, 4) is 5.75 Å². The Balaban J connectivity index is 2.74. The molecule has 1 N–H and O–H groups in total. The van der Waals surface area contributed by atoms with Crippen molar-refractivity contribution < 1.29 is 9.47 Å². The summed E-state index contributed by atoms with van der Waals surface area (Å²) in [6, 6.07) is 8.48. The molecule has 96 valence electrons. The lowest BCUT2D eigenvalue weighted by Crippen LogP contribution is -2.21. The number of hydrogen-bond acceptors (Lipinski definition) is 3. The normalized spacial score (nSPS) is 12.4. The lowest BCUT2D eigenvalue weighted by molar-refractivity contribution is 0.0215. The Morgan fingerprint density at radius 2 is 1.94 bits per heavy atom. The highest BCUT2D eigenvalue weighted by Gasteiger charge is 2.12. The summed E-state index contributed by atoms with van der Waals surface area (Å²) in [5.74, 6) is 0.911. The van der Waals surface area contributed by atoms with Crippen LogP contribution in [-0.4, -0.2) is 19.9 Å². The molecule has 0 aromatic heterocycles. The summed E-state index contributed by atoms with van der Waals surface area (Å²) >= 11 is 0. The Kier molecular flexibility index (Phi) is 6.67. The fourth-order valence-electron chi connectivity index (χ4n) is 1.81. The van der Waals surface area contributed by atoms with Crippen molar-refractivity contribution in [2.24, 2.45) is 0 Å². The van der Waals surface area contributed by atoms with E-state index in [-0.39, 0.29) is 0 Å². The van der Waals surface area contributed by atoms with E-state index >= 15 is 0 Å². The number of hydrogen-bond donors (Lipinski definition) is 1. The quantitative estimate of drug-likeness (QED) is 0.556. The smallest absolute Gasteiger partial charge is 0.189 e. The van der Waals surface area contributed by atoms with Gasteiger partial charge in [-0.2, -0.15) is 0 Å². The maximum Gasteiger partial charge on any atom is 0.189 e. The van der Waals surface area contributed by atoms with Gasteiger partial charge in [-0.05, 0) is 26.0 Å². The minimum atomic E-state index is 0.316. The molecule has 17 heavy (non-hydrogen) atoms. The van der Waals surface area contributed by atoms with Crippen LogP contribution >= 0.6 is 0 Å². The van der Waals surface area contributed by atoms with Crippen LogP contribution in [0.5, 0.6) is 5.75 Å². The first kappa shape index (κ1) is 14.0. The zero-order valence-electron chi connectivity index (χ0n) is 11.0. The second kappa shape index (κ2) is 8.09. The summed E-state index contributed by atoms with van der Waals surface area (Å²) in [6.45, 7) is 8.20. The molecular formula is C14H23NO2. The van der Waals surface area contributed by atoms with Crippen LogP contribution in [0.2, 0.25) is 0 Å². The molecule has 1 aromatic rings. The third-order valence-corrected chi connectivity index (χ3v) is 2.66. The topological polar surface area (TPSA) is 30.5 Å². The molecule has 0 spiro atoms. The maximum atomic E-state index is 5.64. The van der Waals surface area contributed by atoms with Crippen LogP contribution in [0.1, 0.15) is 38.8 Å². The molecule has 0 bridgehead atoms. The Labute approximate surface area is 104 Å². The van der Waals surface area contributed by atoms with Crippen molar-refractivity contribution in [2.75, 3.05) is 19.9 Å². The summed E-state index contributed by atoms with van der Waals surface area (Å²) in [5, 5.41) is 3.46. The lowest BCUT2D eigenvalue weighted by atomic mass is 10.0. The number of rotatable bonds is 8. The molecule has 0 aliphatic carbocycles. The SMILES string of the molecule is CCNC(CC)c1ccccc1OCOCC. The summed E-state index contributed by atoms with van der Waals surface area (Å²) in [6.07, 6.45) is 1.04. The summed E-state index contributed by atoms with van der Waals surface area (Å²) < 4.78 is 10.9. The van der Waals surface area contributed by atoms with Crippen molar-refractivity contribution in [3.63, 3.8) is 0 Å². The first-order chi connectivity index (χ1) is 8.33. The second-order valence-electron chi connectivity index (χ2n) is 3.81. The van der Waals surface area contributed by atoms with Crippen LogP contribution in [0, 0.1) is 0 Å². The minimum Gasteiger partial charge on any atom is -0.467 e. The monoisotopic (exact) mass is 237 g/mol. The molecule has 3 nitrogen and oxygen atoms in total. The molecule has 1 unspecified atom stereocenters. The van der Waals surface area contributed by atoms with E-state index in [0.717, 1.165) is 18.7 Å². The Morgan fingerprint density at radius 3 is 2.59 bits per heavy atom. The van der Waals surface area contributed by atoms with Gasteiger partial charge >= 0.3 is 0 Å². The van der Waals surface area contributed by atoms with Gasteiger partial charge in [-0.3, -0.25) is 0 Å². The molecule has 0 saturated carbocycles. The molecule has 1 atom stereocenters. The van der Waals surface area contributed by atoms with Gasteiger partial charge < -0.3 is 14.8 Å². The van der Waals surface area contributed by atoms with E-state index < -0.39 is 0 Å². The van der Waals surface area contributed by atoms with Gasteiger partial charge in [0.2, 0.25) is 0 Å². The van der Waals surface area contributed by atoms with Gasteiger partial charge in [0.15, 0.2) is 6.79 Å². The van der Waals surface area contributed by atoms with Crippen LogP contribution < -0.4 is 10.1 Å². The second-order valence-corrected chi connectivity index (χ2v) is 3.81. The van der Waals surface area contributed by atoms with E-state index in [2.05, 4.69) is 25.2 Å². The van der Waals surface area contributed by atoms with Crippen LogP contribution in [0.15, 0.2) is 24.3 Å². The molecule has 0 heterocycles. The zero-order chi connectivity index (χ0) is 12.5. The third kappa shape index (κ3) is 4.36. The highest BCUT2D eigenvalue weighted by atomic mass is 16.7. The van der Waals surface area contributed by atoms with Gasteiger partial charge in [-0.1, -0.05) is 32.0 Å². The molecule has 0 radical (unpaired) electrons. The van der Waals surface area contributed by atoms with E-state index in [1.165, 1.54) is 5.56 Å².